The summed E-state index contributed by atoms with van der Waals surface area (Å²) in [5, 5.41) is 3.21. The molecule has 0 radical (unpaired) electrons. The van der Waals surface area contributed by atoms with Gasteiger partial charge in [0.05, 0.1) is 5.69 Å². The highest BCUT2D eigenvalue weighted by Crippen LogP contribution is 2.29. The maximum atomic E-state index is 13.0. The molecule has 0 aliphatic rings. The van der Waals surface area contributed by atoms with Crippen LogP contribution in [0.25, 0.3) is 0 Å². The fraction of sp³-hybridized carbons (Fsp3) is 0.0769. The van der Waals surface area contributed by atoms with Crippen molar-refractivity contribution in [3.8, 4) is 0 Å². The molecule has 3 N–H and O–H groups in total. The largest absolute Gasteiger partial charge is 0.398 e. The van der Waals surface area contributed by atoms with Crippen LogP contribution in [0.2, 0.25) is 0 Å². The molecule has 2 nitrogen and oxygen atoms in total. The van der Waals surface area contributed by atoms with Crippen LogP contribution in [-0.2, 0) is 0 Å². The van der Waals surface area contributed by atoms with Crippen molar-refractivity contribution < 1.29 is 4.39 Å². The Labute approximate surface area is 108 Å². The van der Waals surface area contributed by atoms with Gasteiger partial charge in [-0.2, -0.15) is 0 Å². The van der Waals surface area contributed by atoms with Gasteiger partial charge in [-0.1, -0.05) is 6.07 Å². The number of rotatable bonds is 2. The predicted molar refractivity (Wildman–Crippen MR) is 73.0 cm³/mol. The number of anilines is 3. The van der Waals surface area contributed by atoms with E-state index in [-0.39, 0.29) is 5.82 Å². The number of nitrogen functional groups attached to an aromatic ring is 1. The molecule has 0 saturated carbocycles. The van der Waals surface area contributed by atoms with E-state index in [4.69, 9.17) is 5.73 Å². The molecule has 0 heterocycles. The fourth-order valence-electron chi connectivity index (χ4n) is 1.52. The quantitative estimate of drug-likeness (QED) is 0.814. The Morgan fingerprint density at radius 3 is 2.65 bits per heavy atom. The van der Waals surface area contributed by atoms with Gasteiger partial charge in [0.25, 0.3) is 0 Å². The van der Waals surface area contributed by atoms with Crippen molar-refractivity contribution in [3.63, 3.8) is 0 Å². The van der Waals surface area contributed by atoms with Crippen molar-refractivity contribution in [2.45, 2.75) is 6.92 Å². The first-order valence-corrected chi connectivity index (χ1v) is 5.94. The average Bonchev–Trinajstić information content (AvgIpc) is 2.28. The molecule has 0 aliphatic heterocycles. The number of nitrogens with two attached hydrogens (primary N) is 1. The summed E-state index contributed by atoms with van der Waals surface area (Å²) in [7, 11) is 0. The lowest BCUT2D eigenvalue weighted by atomic mass is 10.1. The van der Waals surface area contributed by atoms with E-state index in [1.54, 1.807) is 6.07 Å². The molecule has 0 unspecified atom stereocenters. The lowest BCUT2D eigenvalue weighted by Gasteiger charge is -2.12. The van der Waals surface area contributed by atoms with Crippen molar-refractivity contribution in [3.05, 3.63) is 52.3 Å². The summed E-state index contributed by atoms with van der Waals surface area (Å²) in [6, 6.07) is 10.2. The first kappa shape index (κ1) is 11.9. The van der Waals surface area contributed by atoms with Crippen molar-refractivity contribution in [2.24, 2.45) is 0 Å². The van der Waals surface area contributed by atoms with Crippen LogP contribution in [0.3, 0.4) is 0 Å². The van der Waals surface area contributed by atoms with Crippen LogP contribution in [0.4, 0.5) is 21.5 Å². The fourth-order valence-corrected chi connectivity index (χ4v) is 1.97. The van der Waals surface area contributed by atoms with E-state index < -0.39 is 0 Å². The smallest absolute Gasteiger partial charge is 0.124 e. The molecule has 0 aromatic heterocycles. The molecule has 2 aromatic carbocycles. The number of hydrogen-bond donors (Lipinski definition) is 2. The molecular formula is C13H12BrFN2. The summed E-state index contributed by atoms with van der Waals surface area (Å²) in [6.07, 6.45) is 0. The maximum absolute atomic E-state index is 13.0. The van der Waals surface area contributed by atoms with E-state index in [1.165, 1.54) is 12.1 Å². The highest BCUT2D eigenvalue weighted by atomic mass is 79.9. The number of hydrogen-bond acceptors (Lipinski definition) is 2. The van der Waals surface area contributed by atoms with Crippen LogP contribution in [0.5, 0.6) is 0 Å². The second-order valence-corrected chi connectivity index (χ2v) is 4.62. The van der Waals surface area contributed by atoms with Gasteiger partial charge in [0.15, 0.2) is 0 Å². The van der Waals surface area contributed by atoms with Gasteiger partial charge in [0, 0.05) is 15.8 Å². The van der Waals surface area contributed by atoms with Crippen LogP contribution in [0.15, 0.2) is 40.9 Å². The Morgan fingerprint density at radius 1 is 1.18 bits per heavy atom. The van der Waals surface area contributed by atoms with E-state index in [9.17, 15) is 4.39 Å². The van der Waals surface area contributed by atoms with Crippen LogP contribution < -0.4 is 11.1 Å². The molecule has 0 bridgehead atoms. The van der Waals surface area contributed by atoms with Crippen LogP contribution >= 0.6 is 15.9 Å². The molecule has 17 heavy (non-hydrogen) atoms. The molecule has 2 aromatic rings. The maximum Gasteiger partial charge on any atom is 0.124 e. The Hall–Kier alpha value is -1.55. The third-order valence-electron chi connectivity index (χ3n) is 2.58. The molecule has 88 valence electrons. The van der Waals surface area contributed by atoms with Crippen LogP contribution in [0, 0.1) is 12.7 Å². The van der Waals surface area contributed by atoms with Crippen molar-refractivity contribution in [1.82, 2.24) is 0 Å². The van der Waals surface area contributed by atoms with Gasteiger partial charge >= 0.3 is 0 Å². The van der Waals surface area contributed by atoms with E-state index in [0.29, 0.717) is 4.47 Å². The summed E-state index contributed by atoms with van der Waals surface area (Å²) in [4.78, 5) is 0. The number of benzene rings is 2. The standard InChI is InChI=1S/C13H12BrFN2/c1-8-11(16)3-2-4-12(8)17-13-6-5-9(15)7-10(13)14/h2-7,17H,16H2,1H3. The SMILES string of the molecule is Cc1c(N)cccc1Nc1ccc(F)cc1Br. The number of nitrogens with one attached hydrogen (secondary N) is 1. The van der Waals surface area contributed by atoms with E-state index in [2.05, 4.69) is 21.2 Å². The van der Waals surface area contributed by atoms with Crippen molar-refractivity contribution in [2.75, 3.05) is 11.1 Å². The summed E-state index contributed by atoms with van der Waals surface area (Å²) in [5.41, 5.74) is 9.25. The number of halogens is 2. The summed E-state index contributed by atoms with van der Waals surface area (Å²) in [6.45, 7) is 1.94. The van der Waals surface area contributed by atoms with Gasteiger partial charge in [0.2, 0.25) is 0 Å². The molecule has 0 fully saturated rings. The average molecular weight is 295 g/mol. The Balaban J connectivity index is 2.35. The van der Waals surface area contributed by atoms with E-state index in [0.717, 1.165) is 22.6 Å². The second kappa shape index (κ2) is 4.75. The highest BCUT2D eigenvalue weighted by molar-refractivity contribution is 9.10. The molecule has 0 atom stereocenters. The molecule has 4 heteroatoms. The van der Waals surface area contributed by atoms with Crippen molar-refractivity contribution >= 4 is 33.0 Å². The Kier molecular flexibility index (Phi) is 3.33. The summed E-state index contributed by atoms with van der Waals surface area (Å²) >= 11 is 3.31. The zero-order valence-corrected chi connectivity index (χ0v) is 10.9. The predicted octanol–water partition coefficient (Wildman–Crippen LogP) is 4.22. The molecule has 0 saturated heterocycles. The first-order chi connectivity index (χ1) is 8.08. The van der Waals surface area contributed by atoms with E-state index in [1.807, 2.05) is 25.1 Å². The summed E-state index contributed by atoms with van der Waals surface area (Å²) < 4.78 is 13.6. The van der Waals surface area contributed by atoms with Gasteiger partial charge in [-0.15, -0.1) is 0 Å². The zero-order chi connectivity index (χ0) is 12.4. The minimum Gasteiger partial charge on any atom is -0.398 e. The highest BCUT2D eigenvalue weighted by Gasteiger charge is 2.05. The van der Waals surface area contributed by atoms with Crippen LogP contribution in [0.1, 0.15) is 5.56 Å². The lowest BCUT2D eigenvalue weighted by Crippen LogP contribution is -1.97. The third kappa shape index (κ3) is 2.58. The molecular weight excluding hydrogens is 283 g/mol. The molecule has 2 rings (SSSR count). The topological polar surface area (TPSA) is 38.0 Å². The normalized spacial score (nSPS) is 10.3. The first-order valence-electron chi connectivity index (χ1n) is 5.15. The zero-order valence-electron chi connectivity index (χ0n) is 9.30. The third-order valence-corrected chi connectivity index (χ3v) is 3.23. The van der Waals surface area contributed by atoms with E-state index >= 15 is 0 Å². The van der Waals surface area contributed by atoms with Crippen LogP contribution in [-0.4, -0.2) is 0 Å². The lowest BCUT2D eigenvalue weighted by molar-refractivity contribution is 0.627. The Bertz CT molecular complexity index is 555. The van der Waals surface area contributed by atoms with Gasteiger partial charge in [-0.25, -0.2) is 4.39 Å². The Morgan fingerprint density at radius 2 is 1.94 bits per heavy atom. The molecule has 0 aliphatic carbocycles. The second-order valence-electron chi connectivity index (χ2n) is 3.77. The van der Waals surface area contributed by atoms with Gasteiger partial charge in [-0.3, -0.25) is 0 Å². The van der Waals surface area contributed by atoms with Crippen molar-refractivity contribution in [1.29, 1.82) is 0 Å². The monoisotopic (exact) mass is 294 g/mol. The minimum absolute atomic E-state index is 0.272. The summed E-state index contributed by atoms with van der Waals surface area (Å²) in [5.74, 6) is -0.272. The molecule has 0 spiro atoms. The van der Waals surface area contributed by atoms with Gasteiger partial charge in [-0.05, 0) is 58.7 Å². The van der Waals surface area contributed by atoms with Gasteiger partial charge < -0.3 is 11.1 Å². The molecule has 0 amide bonds. The van der Waals surface area contributed by atoms with Gasteiger partial charge in [0.1, 0.15) is 5.82 Å². The minimum atomic E-state index is -0.272.